The molecule has 28 heavy (non-hydrogen) atoms. The lowest BCUT2D eigenvalue weighted by atomic mass is 9.99. The van der Waals surface area contributed by atoms with Gasteiger partial charge in [0.25, 0.3) is 0 Å². The van der Waals surface area contributed by atoms with Gasteiger partial charge in [-0.05, 0) is 42.8 Å². The first-order chi connectivity index (χ1) is 13.8. The van der Waals surface area contributed by atoms with E-state index in [0.717, 1.165) is 28.9 Å². The van der Waals surface area contributed by atoms with Gasteiger partial charge < -0.3 is 9.47 Å². The van der Waals surface area contributed by atoms with Crippen LogP contribution in [0.2, 0.25) is 5.02 Å². The molecular formula is C21H20ClN5S. The standard InChI is InChI=1S/C21H20ClN5S/c1-2-15-13-28-21-25-19(16-6-3-4-10-23-16)20(27(15)21)17-7-5-11-26(17)18-9-8-14(22)12-24-18/h3-12,15,19-20H,2,13H2,1H3/t15-,19+,20+/m0/s1. The largest absolute Gasteiger partial charge is 0.337 e. The second kappa shape index (κ2) is 7.26. The fourth-order valence-electron chi connectivity index (χ4n) is 4.03. The second-order valence-corrected chi connectivity index (χ2v) is 8.40. The van der Waals surface area contributed by atoms with Crippen LogP contribution in [0.1, 0.15) is 36.8 Å². The maximum absolute atomic E-state index is 6.04. The molecule has 5 rings (SSSR count). The van der Waals surface area contributed by atoms with Crippen molar-refractivity contribution in [2.75, 3.05) is 5.75 Å². The number of amidine groups is 1. The first kappa shape index (κ1) is 17.8. The normalized spacial score (nSPS) is 23.7. The van der Waals surface area contributed by atoms with Gasteiger partial charge in [-0.2, -0.15) is 0 Å². The number of hydrogen-bond acceptors (Lipinski definition) is 5. The molecule has 0 aliphatic carbocycles. The Labute approximate surface area is 173 Å². The van der Waals surface area contributed by atoms with Crippen LogP contribution in [0, 0.1) is 0 Å². The summed E-state index contributed by atoms with van der Waals surface area (Å²) in [5, 5.41) is 1.77. The molecule has 0 amide bonds. The molecule has 0 saturated carbocycles. The highest BCUT2D eigenvalue weighted by molar-refractivity contribution is 8.14. The molecule has 0 spiro atoms. The Kier molecular flexibility index (Phi) is 4.61. The first-order valence-electron chi connectivity index (χ1n) is 9.45. The molecule has 0 unspecified atom stereocenters. The number of fused-ring (bicyclic) bond motifs is 1. The summed E-state index contributed by atoms with van der Waals surface area (Å²) < 4.78 is 2.14. The molecule has 3 aromatic heterocycles. The number of halogens is 1. The zero-order valence-electron chi connectivity index (χ0n) is 15.4. The second-order valence-electron chi connectivity index (χ2n) is 6.97. The van der Waals surface area contributed by atoms with Crippen LogP contribution in [0.5, 0.6) is 0 Å². The monoisotopic (exact) mass is 409 g/mol. The highest BCUT2D eigenvalue weighted by atomic mass is 35.5. The quantitative estimate of drug-likeness (QED) is 0.614. The molecule has 7 heteroatoms. The number of hydrogen-bond donors (Lipinski definition) is 0. The number of pyridine rings is 2. The van der Waals surface area contributed by atoms with Crippen LogP contribution >= 0.6 is 23.4 Å². The number of aliphatic imine (C=N–C) groups is 1. The Morgan fingerprint density at radius 2 is 2.07 bits per heavy atom. The van der Waals surface area contributed by atoms with E-state index in [1.807, 2.05) is 42.2 Å². The van der Waals surface area contributed by atoms with Crippen molar-refractivity contribution in [1.82, 2.24) is 19.4 Å². The predicted octanol–water partition coefficient (Wildman–Crippen LogP) is 4.90. The van der Waals surface area contributed by atoms with Crippen molar-refractivity contribution >= 4 is 28.5 Å². The Balaban J connectivity index is 1.62. The minimum Gasteiger partial charge on any atom is -0.337 e. The Morgan fingerprint density at radius 1 is 1.14 bits per heavy atom. The third-order valence-corrected chi connectivity index (χ3v) is 6.72. The van der Waals surface area contributed by atoms with Gasteiger partial charge in [-0.15, -0.1) is 0 Å². The van der Waals surface area contributed by atoms with Crippen molar-refractivity contribution in [2.45, 2.75) is 31.5 Å². The minimum absolute atomic E-state index is 0.0287. The van der Waals surface area contributed by atoms with Gasteiger partial charge in [0.1, 0.15) is 17.9 Å². The van der Waals surface area contributed by atoms with Gasteiger partial charge >= 0.3 is 0 Å². The van der Waals surface area contributed by atoms with Crippen molar-refractivity contribution in [2.24, 2.45) is 4.99 Å². The van der Waals surface area contributed by atoms with E-state index in [9.17, 15) is 0 Å². The van der Waals surface area contributed by atoms with Gasteiger partial charge in [0.15, 0.2) is 5.17 Å². The van der Waals surface area contributed by atoms with E-state index >= 15 is 0 Å². The lowest BCUT2D eigenvalue weighted by Gasteiger charge is -2.32. The van der Waals surface area contributed by atoms with Gasteiger partial charge in [0, 0.05) is 36.1 Å². The maximum atomic E-state index is 6.04. The predicted molar refractivity (Wildman–Crippen MR) is 114 cm³/mol. The van der Waals surface area contributed by atoms with E-state index < -0.39 is 0 Å². The van der Waals surface area contributed by atoms with Crippen LogP contribution in [-0.2, 0) is 0 Å². The fourth-order valence-corrected chi connectivity index (χ4v) is 5.47. The van der Waals surface area contributed by atoms with Crippen molar-refractivity contribution < 1.29 is 0 Å². The lowest BCUT2D eigenvalue weighted by molar-refractivity contribution is 0.248. The van der Waals surface area contributed by atoms with Crippen molar-refractivity contribution in [3.8, 4) is 5.82 Å². The highest BCUT2D eigenvalue weighted by Gasteiger charge is 2.46. The van der Waals surface area contributed by atoms with Crippen molar-refractivity contribution in [3.63, 3.8) is 0 Å². The lowest BCUT2D eigenvalue weighted by Crippen LogP contribution is -2.36. The van der Waals surface area contributed by atoms with E-state index in [2.05, 4.69) is 50.8 Å². The maximum Gasteiger partial charge on any atom is 0.160 e. The Hall–Kier alpha value is -2.31. The van der Waals surface area contributed by atoms with Crippen LogP contribution in [-0.4, -0.2) is 36.4 Å². The van der Waals surface area contributed by atoms with E-state index in [0.29, 0.717) is 11.1 Å². The molecule has 2 aliphatic rings. The van der Waals surface area contributed by atoms with Gasteiger partial charge in [-0.1, -0.05) is 36.4 Å². The number of aromatic nitrogens is 3. The molecule has 5 heterocycles. The van der Waals surface area contributed by atoms with Crippen LogP contribution in [0.3, 0.4) is 0 Å². The number of nitrogens with zero attached hydrogens (tertiary/aromatic N) is 5. The summed E-state index contributed by atoms with van der Waals surface area (Å²) in [5.74, 6) is 1.94. The van der Waals surface area contributed by atoms with Crippen LogP contribution < -0.4 is 0 Å². The molecule has 0 N–H and O–H groups in total. The summed E-state index contributed by atoms with van der Waals surface area (Å²) >= 11 is 7.90. The van der Waals surface area contributed by atoms with Gasteiger partial charge in [0.2, 0.25) is 0 Å². The molecule has 0 radical (unpaired) electrons. The average molecular weight is 410 g/mol. The highest BCUT2D eigenvalue weighted by Crippen LogP contribution is 2.48. The van der Waals surface area contributed by atoms with Crippen LogP contribution in [0.25, 0.3) is 5.82 Å². The molecule has 3 atom stereocenters. The minimum atomic E-state index is -0.0287. The molecular weight excluding hydrogens is 390 g/mol. The molecule has 5 nitrogen and oxygen atoms in total. The summed E-state index contributed by atoms with van der Waals surface area (Å²) in [6.07, 6.45) is 6.69. The van der Waals surface area contributed by atoms with Gasteiger partial charge in [-0.25, -0.2) is 4.98 Å². The van der Waals surface area contributed by atoms with Crippen molar-refractivity contribution in [3.05, 3.63) is 77.5 Å². The topological polar surface area (TPSA) is 46.3 Å². The summed E-state index contributed by atoms with van der Waals surface area (Å²) in [6, 6.07) is 14.7. The molecule has 1 saturated heterocycles. The molecule has 3 aromatic rings. The zero-order chi connectivity index (χ0) is 19.1. The van der Waals surface area contributed by atoms with E-state index in [1.165, 1.54) is 5.69 Å². The molecule has 142 valence electrons. The number of rotatable bonds is 4. The molecule has 0 bridgehead atoms. The Bertz CT molecular complexity index is 1000. The summed E-state index contributed by atoms with van der Waals surface area (Å²) in [7, 11) is 0. The molecule has 2 aliphatic heterocycles. The van der Waals surface area contributed by atoms with Crippen LogP contribution in [0.4, 0.5) is 0 Å². The summed E-state index contributed by atoms with van der Waals surface area (Å²) in [4.78, 5) is 16.7. The van der Waals surface area contributed by atoms with E-state index in [4.69, 9.17) is 16.6 Å². The molecule has 1 fully saturated rings. The van der Waals surface area contributed by atoms with Crippen LogP contribution in [0.15, 0.2) is 66.0 Å². The Morgan fingerprint density at radius 3 is 2.82 bits per heavy atom. The van der Waals surface area contributed by atoms with Gasteiger partial charge in [0.05, 0.1) is 10.7 Å². The molecule has 0 aromatic carbocycles. The average Bonchev–Trinajstić information content (AvgIpc) is 3.44. The smallest absolute Gasteiger partial charge is 0.160 e. The van der Waals surface area contributed by atoms with E-state index in [-0.39, 0.29) is 12.1 Å². The van der Waals surface area contributed by atoms with Crippen molar-refractivity contribution in [1.29, 1.82) is 0 Å². The fraction of sp³-hybridized carbons (Fsp3) is 0.286. The summed E-state index contributed by atoms with van der Waals surface area (Å²) in [6.45, 7) is 2.25. The van der Waals surface area contributed by atoms with E-state index in [1.54, 1.807) is 6.20 Å². The van der Waals surface area contributed by atoms with Gasteiger partial charge in [-0.3, -0.25) is 9.98 Å². The third kappa shape index (κ3) is 2.91. The number of thioether (sulfide) groups is 1. The summed E-state index contributed by atoms with van der Waals surface area (Å²) in [5.41, 5.74) is 2.17. The SMILES string of the molecule is CC[C@H]1CSC2=N[C@H](c3ccccn3)[C@@H](c3cccn3-c3ccc(Cl)cn3)N21. The third-order valence-electron chi connectivity index (χ3n) is 5.37. The zero-order valence-corrected chi connectivity index (χ0v) is 17.0. The first-order valence-corrected chi connectivity index (χ1v) is 10.8.